The van der Waals surface area contributed by atoms with E-state index in [1.807, 2.05) is 25.1 Å². The lowest BCUT2D eigenvalue weighted by molar-refractivity contribution is -0.385. The Hall–Kier alpha value is -2.49. The minimum atomic E-state index is -0.506. The van der Waals surface area contributed by atoms with Crippen LogP contribution in [0.3, 0.4) is 0 Å². The summed E-state index contributed by atoms with van der Waals surface area (Å²) in [5, 5.41) is 14.8. The third-order valence-electron chi connectivity index (χ3n) is 3.20. The van der Waals surface area contributed by atoms with Crippen LogP contribution in [0.5, 0.6) is 5.75 Å². The molecule has 0 aromatic heterocycles. The third kappa shape index (κ3) is 5.52. The van der Waals surface area contributed by atoms with Crippen molar-refractivity contribution in [3.63, 3.8) is 0 Å². The van der Waals surface area contributed by atoms with Gasteiger partial charge in [0.25, 0.3) is 5.69 Å². The van der Waals surface area contributed by atoms with E-state index >= 15 is 0 Å². The van der Waals surface area contributed by atoms with E-state index in [0.717, 1.165) is 14.9 Å². The summed E-state index contributed by atoms with van der Waals surface area (Å²) in [5.74, 6) is 0.367. The van der Waals surface area contributed by atoms with Gasteiger partial charge in [-0.15, -0.1) is 0 Å². The van der Waals surface area contributed by atoms with Gasteiger partial charge in [0, 0.05) is 11.6 Å². The Bertz CT molecular complexity index is 808. The molecule has 7 nitrogen and oxygen atoms in total. The van der Waals surface area contributed by atoms with Crippen LogP contribution in [0.4, 0.5) is 5.69 Å². The van der Waals surface area contributed by atoms with Crippen molar-refractivity contribution in [2.24, 2.45) is 5.10 Å². The molecule has 0 bridgehead atoms. The number of para-hydroxylation sites is 1. The van der Waals surface area contributed by atoms with Gasteiger partial charge in [-0.3, -0.25) is 14.9 Å². The number of nitro benzene ring substituents is 1. The van der Waals surface area contributed by atoms with Crippen molar-refractivity contribution in [3.05, 3.63) is 67.3 Å². The van der Waals surface area contributed by atoms with Crippen molar-refractivity contribution in [2.45, 2.75) is 13.3 Å². The number of hydrogen-bond donors (Lipinski definition) is 1. The van der Waals surface area contributed by atoms with Gasteiger partial charge in [0.1, 0.15) is 5.75 Å². The maximum Gasteiger partial charge on any atom is 0.273 e. The lowest BCUT2D eigenvalue weighted by Gasteiger charge is -2.06. The molecular formula is C17H16IN3O4. The molecule has 130 valence electrons. The van der Waals surface area contributed by atoms with E-state index in [1.165, 1.54) is 12.3 Å². The number of nitro groups is 1. The van der Waals surface area contributed by atoms with Gasteiger partial charge in [0.05, 0.1) is 27.7 Å². The van der Waals surface area contributed by atoms with Gasteiger partial charge in [0.15, 0.2) is 0 Å². The SMILES string of the molecule is CCOc1ccc(/C=N/NC(=O)Cc2ccccc2[N+](=O)[O-])cc1I. The zero-order chi connectivity index (χ0) is 18.2. The molecule has 2 aromatic rings. The summed E-state index contributed by atoms with van der Waals surface area (Å²) in [4.78, 5) is 22.4. The standard InChI is InChI=1S/C17H16IN3O4/c1-2-25-16-8-7-12(9-14(16)18)11-19-20-17(22)10-13-5-3-4-6-15(13)21(23)24/h3-9,11H,2,10H2,1H3,(H,20,22)/b19-11+. The number of halogens is 1. The fourth-order valence-corrected chi connectivity index (χ4v) is 2.79. The smallest absolute Gasteiger partial charge is 0.273 e. The number of carbonyl (C=O) groups is 1. The first kappa shape index (κ1) is 18.8. The molecule has 0 fully saturated rings. The molecule has 0 aliphatic heterocycles. The van der Waals surface area contributed by atoms with Crippen LogP contribution in [0.15, 0.2) is 47.6 Å². The molecular weight excluding hydrogens is 437 g/mol. The molecule has 0 saturated carbocycles. The van der Waals surface area contributed by atoms with Gasteiger partial charge in [-0.05, 0) is 53.3 Å². The minimum absolute atomic E-state index is 0.0808. The van der Waals surface area contributed by atoms with Crippen molar-refractivity contribution < 1.29 is 14.5 Å². The Morgan fingerprint density at radius 1 is 1.36 bits per heavy atom. The third-order valence-corrected chi connectivity index (χ3v) is 4.04. The predicted molar refractivity (Wildman–Crippen MR) is 103 cm³/mol. The molecule has 2 rings (SSSR count). The Kier molecular flexibility index (Phi) is 6.87. The van der Waals surface area contributed by atoms with Crippen LogP contribution in [-0.2, 0) is 11.2 Å². The average Bonchev–Trinajstić information content (AvgIpc) is 2.57. The molecule has 1 N–H and O–H groups in total. The van der Waals surface area contributed by atoms with E-state index in [9.17, 15) is 14.9 Å². The Morgan fingerprint density at radius 2 is 2.12 bits per heavy atom. The molecule has 0 saturated heterocycles. The molecule has 0 spiro atoms. The van der Waals surface area contributed by atoms with E-state index in [4.69, 9.17) is 4.74 Å². The van der Waals surface area contributed by atoms with E-state index in [2.05, 4.69) is 33.1 Å². The van der Waals surface area contributed by atoms with Gasteiger partial charge in [0.2, 0.25) is 5.91 Å². The molecule has 0 aliphatic carbocycles. The minimum Gasteiger partial charge on any atom is -0.493 e. The van der Waals surface area contributed by atoms with Gasteiger partial charge >= 0.3 is 0 Å². The Balaban J connectivity index is 1.97. The second-order valence-corrected chi connectivity index (χ2v) is 6.14. The highest BCUT2D eigenvalue weighted by molar-refractivity contribution is 14.1. The van der Waals surface area contributed by atoms with E-state index in [1.54, 1.807) is 18.2 Å². The lowest BCUT2D eigenvalue weighted by atomic mass is 10.1. The number of carbonyl (C=O) groups excluding carboxylic acids is 1. The van der Waals surface area contributed by atoms with E-state index in [0.29, 0.717) is 12.2 Å². The fraction of sp³-hybridized carbons (Fsp3) is 0.176. The number of amides is 1. The number of nitrogens with one attached hydrogen (secondary N) is 1. The second kappa shape index (κ2) is 9.11. The quantitative estimate of drug-likeness (QED) is 0.301. The van der Waals surface area contributed by atoms with E-state index in [-0.39, 0.29) is 12.1 Å². The summed E-state index contributed by atoms with van der Waals surface area (Å²) in [7, 11) is 0. The summed E-state index contributed by atoms with van der Waals surface area (Å²) >= 11 is 2.16. The molecule has 2 aromatic carbocycles. The Labute approximate surface area is 158 Å². The first-order valence-corrected chi connectivity index (χ1v) is 8.55. The van der Waals surface area contributed by atoms with Crippen LogP contribution in [0.25, 0.3) is 0 Å². The van der Waals surface area contributed by atoms with Gasteiger partial charge in [-0.2, -0.15) is 5.10 Å². The largest absolute Gasteiger partial charge is 0.493 e. The number of hydrogen-bond acceptors (Lipinski definition) is 5. The molecule has 0 unspecified atom stereocenters. The predicted octanol–water partition coefficient (Wildman–Crippen LogP) is 3.29. The fourth-order valence-electron chi connectivity index (χ4n) is 2.10. The molecule has 0 heterocycles. The van der Waals surface area contributed by atoms with Crippen LogP contribution in [0, 0.1) is 13.7 Å². The monoisotopic (exact) mass is 453 g/mol. The van der Waals surface area contributed by atoms with Crippen LogP contribution in [-0.4, -0.2) is 23.7 Å². The van der Waals surface area contributed by atoms with Crippen LogP contribution in [0.2, 0.25) is 0 Å². The van der Waals surface area contributed by atoms with Gasteiger partial charge in [-0.25, -0.2) is 5.43 Å². The highest BCUT2D eigenvalue weighted by Gasteiger charge is 2.14. The summed E-state index contributed by atoms with van der Waals surface area (Å²) in [6.07, 6.45) is 1.39. The maximum atomic E-state index is 11.9. The van der Waals surface area contributed by atoms with Crippen molar-refractivity contribution >= 4 is 40.4 Å². The van der Waals surface area contributed by atoms with Crippen molar-refractivity contribution in [1.29, 1.82) is 0 Å². The second-order valence-electron chi connectivity index (χ2n) is 4.98. The highest BCUT2D eigenvalue weighted by atomic mass is 127. The molecule has 0 aliphatic rings. The van der Waals surface area contributed by atoms with Gasteiger partial charge < -0.3 is 4.74 Å². The first-order chi connectivity index (χ1) is 12.0. The van der Waals surface area contributed by atoms with Crippen LogP contribution >= 0.6 is 22.6 Å². The van der Waals surface area contributed by atoms with E-state index < -0.39 is 10.8 Å². The zero-order valence-electron chi connectivity index (χ0n) is 13.4. The highest BCUT2D eigenvalue weighted by Crippen LogP contribution is 2.21. The number of rotatable bonds is 7. The first-order valence-electron chi connectivity index (χ1n) is 7.47. The van der Waals surface area contributed by atoms with Gasteiger partial charge in [-0.1, -0.05) is 18.2 Å². The summed E-state index contributed by atoms with van der Waals surface area (Å²) in [6.45, 7) is 2.50. The number of benzene rings is 2. The topological polar surface area (TPSA) is 93.8 Å². The maximum absolute atomic E-state index is 11.9. The summed E-state index contributed by atoms with van der Waals surface area (Å²) in [5.41, 5.74) is 3.45. The number of nitrogens with zero attached hydrogens (tertiary/aromatic N) is 2. The molecule has 8 heteroatoms. The Morgan fingerprint density at radius 3 is 2.80 bits per heavy atom. The normalized spacial score (nSPS) is 10.6. The molecule has 25 heavy (non-hydrogen) atoms. The average molecular weight is 453 g/mol. The molecule has 0 radical (unpaired) electrons. The summed E-state index contributed by atoms with van der Waals surface area (Å²) < 4.78 is 6.39. The summed E-state index contributed by atoms with van der Waals surface area (Å²) in [6, 6.07) is 11.7. The van der Waals surface area contributed by atoms with Crippen LogP contribution in [0.1, 0.15) is 18.1 Å². The zero-order valence-corrected chi connectivity index (χ0v) is 15.6. The van der Waals surface area contributed by atoms with Crippen LogP contribution < -0.4 is 10.2 Å². The number of hydrazone groups is 1. The van der Waals surface area contributed by atoms with Crippen molar-refractivity contribution in [3.8, 4) is 5.75 Å². The lowest BCUT2D eigenvalue weighted by Crippen LogP contribution is -2.20. The number of ether oxygens (including phenoxy) is 1. The van der Waals surface area contributed by atoms with Crippen molar-refractivity contribution in [1.82, 2.24) is 5.43 Å². The van der Waals surface area contributed by atoms with Crippen molar-refractivity contribution in [2.75, 3.05) is 6.61 Å². The molecule has 0 atom stereocenters. The molecule has 1 amide bonds.